The topological polar surface area (TPSA) is 87.7 Å². The number of hydrogen-bond acceptors (Lipinski definition) is 5. The molecule has 0 unspecified atom stereocenters. The third kappa shape index (κ3) is 5.89. The molecule has 1 aliphatic heterocycles. The van der Waals surface area contributed by atoms with Crippen LogP contribution in [0.4, 0.5) is 4.39 Å². The van der Waals surface area contributed by atoms with Crippen molar-refractivity contribution >= 4 is 29.1 Å². The molecule has 0 saturated carbocycles. The Morgan fingerprint density at radius 3 is 2.58 bits per heavy atom. The van der Waals surface area contributed by atoms with Crippen molar-refractivity contribution in [2.24, 2.45) is 5.92 Å². The highest BCUT2D eigenvalue weighted by atomic mass is 32.1. The van der Waals surface area contributed by atoms with E-state index in [9.17, 15) is 18.8 Å². The smallest absolute Gasteiger partial charge is 0.263 e. The Morgan fingerprint density at radius 2 is 1.94 bits per heavy atom. The fraction of sp³-hybridized carbons (Fsp3) is 0.409. The van der Waals surface area contributed by atoms with Crippen molar-refractivity contribution in [1.29, 1.82) is 0 Å². The molecule has 0 radical (unpaired) electrons. The molecule has 166 valence electrons. The van der Waals surface area contributed by atoms with Crippen LogP contribution in [0.15, 0.2) is 41.8 Å². The number of ether oxygens (including phenoxy) is 1. The van der Waals surface area contributed by atoms with E-state index in [0.29, 0.717) is 44.0 Å². The van der Waals surface area contributed by atoms with Crippen LogP contribution in [0.2, 0.25) is 0 Å². The zero-order valence-corrected chi connectivity index (χ0v) is 18.1. The zero-order valence-electron chi connectivity index (χ0n) is 17.3. The summed E-state index contributed by atoms with van der Waals surface area (Å²) in [7, 11) is 1.53. The molecule has 2 aromatic rings. The lowest BCUT2D eigenvalue weighted by Crippen LogP contribution is -2.54. The van der Waals surface area contributed by atoms with Gasteiger partial charge in [-0.2, -0.15) is 0 Å². The van der Waals surface area contributed by atoms with Gasteiger partial charge < -0.3 is 20.3 Å². The summed E-state index contributed by atoms with van der Waals surface area (Å²) >= 11 is 1.40. The molecule has 31 heavy (non-hydrogen) atoms. The highest BCUT2D eigenvalue weighted by Gasteiger charge is 2.34. The minimum atomic E-state index is -0.831. The number of hydrogen-bond donors (Lipinski definition) is 2. The van der Waals surface area contributed by atoms with Crippen molar-refractivity contribution in [2.45, 2.75) is 18.9 Å². The molecule has 2 N–H and O–H groups in total. The molecule has 2 heterocycles. The molecular formula is C22H26FN3O4S. The lowest BCUT2D eigenvalue weighted by molar-refractivity contribution is -0.124. The Balaban J connectivity index is 1.68. The monoisotopic (exact) mass is 447 g/mol. The predicted molar refractivity (Wildman–Crippen MR) is 115 cm³/mol. The highest BCUT2D eigenvalue weighted by Crippen LogP contribution is 2.24. The number of nitrogens with one attached hydrogen (secondary N) is 2. The molecule has 7 nitrogen and oxygen atoms in total. The standard InChI is InChI=1S/C22H26FN3O4S/c1-30-13-10-24-21(28)19(25-20(27)16-5-2-3-6-17(16)23)15-8-11-26(12-9-15)22(29)18-7-4-14-31-18/h2-7,14-15,19H,8-13H2,1H3,(H,24,28)(H,25,27)/t19-/m0/s1. The van der Waals surface area contributed by atoms with Crippen molar-refractivity contribution in [3.8, 4) is 0 Å². The fourth-order valence-corrected chi connectivity index (χ4v) is 4.33. The molecule has 1 aromatic carbocycles. The van der Waals surface area contributed by atoms with E-state index in [-0.39, 0.29) is 23.3 Å². The summed E-state index contributed by atoms with van der Waals surface area (Å²) in [4.78, 5) is 40.5. The van der Waals surface area contributed by atoms with Gasteiger partial charge in [-0.3, -0.25) is 14.4 Å². The number of methoxy groups -OCH3 is 1. The second-order valence-electron chi connectivity index (χ2n) is 7.32. The van der Waals surface area contributed by atoms with Gasteiger partial charge in [0.25, 0.3) is 11.8 Å². The quantitative estimate of drug-likeness (QED) is 0.608. The Hall–Kier alpha value is -2.78. The van der Waals surface area contributed by atoms with E-state index in [4.69, 9.17) is 4.74 Å². The molecule has 1 fully saturated rings. The van der Waals surface area contributed by atoms with E-state index in [2.05, 4.69) is 10.6 Å². The van der Waals surface area contributed by atoms with Crippen molar-refractivity contribution in [2.75, 3.05) is 33.4 Å². The minimum Gasteiger partial charge on any atom is -0.383 e. The van der Waals surface area contributed by atoms with Gasteiger partial charge in [0.1, 0.15) is 11.9 Å². The first-order valence-corrected chi connectivity index (χ1v) is 11.0. The predicted octanol–water partition coefficient (Wildman–Crippen LogP) is 2.30. The molecule has 1 atom stereocenters. The van der Waals surface area contributed by atoms with Gasteiger partial charge >= 0.3 is 0 Å². The average Bonchev–Trinajstić information content (AvgIpc) is 3.32. The van der Waals surface area contributed by atoms with Crippen molar-refractivity contribution in [3.63, 3.8) is 0 Å². The molecule has 1 aromatic heterocycles. The molecular weight excluding hydrogens is 421 g/mol. The van der Waals surface area contributed by atoms with Crippen molar-refractivity contribution in [3.05, 3.63) is 58.0 Å². The maximum Gasteiger partial charge on any atom is 0.263 e. The number of benzene rings is 1. The van der Waals surface area contributed by atoms with Crippen LogP contribution in [-0.4, -0.2) is 62.0 Å². The summed E-state index contributed by atoms with van der Waals surface area (Å²) in [6, 6.07) is 8.46. The second-order valence-corrected chi connectivity index (χ2v) is 8.27. The van der Waals surface area contributed by atoms with Gasteiger partial charge in [-0.1, -0.05) is 18.2 Å². The van der Waals surface area contributed by atoms with E-state index < -0.39 is 17.8 Å². The number of nitrogens with zero attached hydrogens (tertiary/aromatic N) is 1. The second kappa shape index (κ2) is 11.0. The van der Waals surface area contributed by atoms with E-state index in [1.165, 1.54) is 36.6 Å². The molecule has 9 heteroatoms. The summed E-state index contributed by atoms with van der Waals surface area (Å²) in [6.07, 6.45) is 1.11. The van der Waals surface area contributed by atoms with Gasteiger partial charge in [0, 0.05) is 26.7 Å². The van der Waals surface area contributed by atoms with Gasteiger partial charge in [-0.05, 0) is 42.3 Å². The van der Waals surface area contributed by atoms with Crippen LogP contribution in [0.25, 0.3) is 0 Å². The summed E-state index contributed by atoms with van der Waals surface area (Å²) in [5.74, 6) is -1.82. The number of piperidine rings is 1. The Morgan fingerprint density at radius 1 is 1.19 bits per heavy atom. The van der Waals surface area contributed by atoms with Crippen LogP contribution in [0, 0.1) is 11.7 Å². The van der Waals surface area contributed by atoms with E-state index in [0.717, 1.165) is 0 Å². The zero-order chi connectivity index (χ0) is 22.2. The van der Waals surface area contributed by atoms with Crippen LogP contribution in [0.3, 0.4) is 0 Å². The van der Waals surface area contributed by atoms with Gasteiger partial charge in [0.15, 0.2) is 0 Å². The average molecular weight is 448 g/mol. The minimum absolute atomic E-state index is 0.0232. The maximum atomic E-state index is 14.0. The molecule has 1 aliphatic rings. The Bertz CT molecular complexity index is 898. The molecule has 0 spiro atoms. The van der Waals surface area contributed by atoms with E-state index >= 15 is 0 Å². The number of amides is 3. The third-order valence-corrected chi connectivity index (χ3v) is 6.18. The summed E-state index contributed by atoms with van der Waals surface area (Å²) in [6.45, 7) is 1.61. The Labute approximate surface area is 184 Å². The normalized spacial score (nSPS) is 15.4. The van der Waals surface area contributed by atoms with Crippen LogP contribution in [0.5, 0.6) is 0 Å². The lowest BCUT2D eigenvalue weighted by Gasteiger charge is -2.35. The van der Waals surface area contributed by atoms with Crippen LogP contribution < -0.4 is 10.6 Å². The summed E-state index contributed by atoms with van der Waals surface area (Å²) in [5.41, 5.74) is -0.109. The SMILES string of the molecule is COCCNC(=O)[C@@H](NC(=O)c1ccccc1F)C1CCN(C(=O)c2cccs2)CC1. The largest absolute Gasteiger partial charge is 0.383 e. The first-order chi connectivity index (χ1) is 15.0. The van der Waals surface area contributed by atoms with Gasteiger partial charge in [0.05, 0.1) is 17.0 Å². The third-order valence-electron chi connectivity index (χ3n) is 5.32. The Kier molecular flexibility index (Phi) is 8.13. The van der Waals surface area contributed by atoms with Crippen LogP contribution in [-0.2, 0) is 9.53 Å². The summed E-state index contributed by atoms with van der Waals surface area (Å²) in [5, 5.41) is 7.33. The molecule has 0 bridgehead atoms. The molecule has 3 amide bonds. The van der Waals surface area contributed by atoms with Crippen LogP contribution in [0.1, 0.15) is 32.9 Å². The number of halogens is 1. The van der Waals surface area contributed by atoms with Gasteiger partial charge in [-0.25, -0.2) is 4.39 Å². The van der Waals surface area contributed by atoms with E-state index in [1.54, 1.807) is 17.0 Å². The number of thiophene rings is 1. The van der Waals surface area contributed by atoms with Crippen molar-refractivity contribution in [1.82, 2.24) is 15.5 Å². The first-order valence-electron chi connectivity index (χ1n) is 10.2. The maximum absolute atomic E-state index is 14.0. The van der Waals surface area contributed by atoms with E-state index in [1.807, 2.05) is 11.4 Å². The number of likely N-dealkylation sites (tertiary alicyclic amines) is 1. The van der Waals surface area contributed by atoms with Gasteiger partial charge in [0.2, 0.25) is 5.91 Å². The molecule has 3 rings (SSSR count). The number of carbonyl (C=O) groups is 3. The van der Waals surface area contributed by atoms with Crippen LogP contribution >= 0.6 is 11.3 Å². The highest BCUT2D eigenvalue weighted by molar-refractivity contribution is 7.12. The number of carbonyl (C=O) groups excluding carboxylic acids is 3. The molecule has 1 saturated heterocycles. The van der Waals surface area contributed by atoms with Gasteiger partial charge in [-0.15, -0.1) is 11.3 Å². The fourth-order valence-electron chi connectivity index (χ4n) is 3.64. The number of rotatable bonds is 8. The lowest BCUT2D eigenvalue weighted by atomic mass is 9.88. The van der Waals surface area contributed by atoms with Crippen molar-refractivity contribution < 1.29 is 23.5 Å². The summed E-state index contributed by atoms with van der Waals surface area (Å²) < 4.78 is 19.0. The molecule has 0 aliphatic carbocycles. The first kappa shape index (κ1) is 22.9.